The van der Waals surface area contributed by atoms with Crippen molar-refractivity contribution in [2.45, 2.75) is 6.92 Å². The normalized spacial score (nSPS) is 10.2. The minimum atomic E-state index is 0.347. The number of aromatic hydroxyl groups is 1. The summed E-state index contributed by atoms with van der Waals surface area (Å²) in [4.78, 5) is 3.00. The van der Waals surface area contributed by atoms with Crippen LogP contribution in [-0.2, 0) is 0 Å². The van der Waals surface area contributed by atoms with Gasteiger partial charge in [-0.05, 0) is 41.8 Å². The molecule has 2 rings (SSSR count). The molecule has 0 unspecified atom stereocenters. The van der Waals surface area contributed by atoms with Crippen LogP contribution in [0.2, 0.25) is 0 Å². The van der Waals surface area contributed by atoms with E-state index < -0.39 is 0 Å². The number of phenols is 1. The maximum atomic E-state index is 9.33. The summed E-state index contributed by atoms with van der Waals surface area (Å²) in [5.41, 5.74) is 3.17. The second-order valence-corrected chi connectivity index (χ2v) is 3.10. The van der Waals surface area contributed by atoms with Crippen LogP contribution >= 0.6 is 0 Å². The van der Waals surface area contributed by atoms with Gasteiger partial charge in [-0.3, -0.25) is 0 Å². The molecule has 0 fully saturated rings. The Balaban J connectivity index is 2.49. The summed E-state index contributed by atoms with van der Waals surface area (Å²) in [6, 6.07) is 7.60. The fourth-order valence-electron chi connectivity index (χ4n) is 1.34. The van der Waals surface area contributed by atoms with Crippen LogP contribution in [0.4, 0.5) is 0 Å². The lowest BCUT2D eigenvalue weighted by molar-refractivity contribution is 0.471. The lowest BCUT2D eigenvalue weighted by Crippen LogP contribution is -1.77. The molecule has 0 aliphatic carbocycles. The number of rotatable bonds is 1. The second kappa shape index (κ2) is 2.98. The van der Waals surface area contributed by atoms with Crippen molar-refractivity contribution < 1.29 is 5.11 Å². The van der Waals surface area contributed by atoms with Gasteiger partial charge in [-0.1, -0.05) is 6.07 Å². The number of aryl methyl sites for hydroxylation is 1. The smallest absolute Gasteiger partial charge is 0.118 e. The third-order valence-electron chi connectivity index (χ3n) is 2.13. The van der Waals surface area contributed by atoms with Crippen LogP contribution in [0.3, 0.4) is 0 Å². The van der Waals surface area contributed by atoms with Gasteiger partial charge in [0, 0.05) is 12.4 Å². The quantitative estimate of drug-likeness (QED) is 0.683. The van der Waals surface area contributed by atoms with Crippen molar-refractivity contribution in [3.05, 3.63) is 42.2 Å². The van der Waals surface area contributed by atoms with Gasteiger partial charge in [0.25, 0.3) is 0 Å². The number of hydrogen-bond donors (Lipinski definition) is 2. The Morgan fingerprint density at radius 3 is 2.62 bits per heavy atom. The van der Waals surface area contributed by atoms with Crippen LogP contribution in [0.15, 0.2) is 36.7 Å². The lowest BCUT2D eigenvalue weighted by Gasteiger charge is -2.01. The number of hydrogen-bond acceptors (Lipinski definition) is 1. The molecule has 0 aliphatic rings. The molecule has 1 aromatic carbocycles. The highest BCUT2D eigenvalue weighted by molar-refractivity contribution is 5.64. The third kappa shape index (κ3) is 1.43. The average molecular weight is 173 g/mol. The predicted molar refractivity (Wildman–Crippen MR) is 52.6 cm³/mol. The van der Waals surface area contributed by atoms with Gasteiger partial charge in [-0.15, -0.1) is 0 Å². The van der Waals surface area contributed by atoms with Crippen LogP contribution in [0.5, 0.6) is 5.75 Å². The van der Waals surface area contributed by atoms with Crippen molar-refractivity contribution in [3.8, 4) is 16.9 Å². The Morgan fingerprint density at radius 2 is 2.00 bits per heavy atom. The van der Waals surface area contributed by atoms with E-state index in [4.69, 9.17) is 0 Å². The van der Waals surface area contributed by atoms with E-state index in [1.54, 1.807) is 6.07 Å². The van der Waals surface area contributed by atoms with Crippen LogP contribution in [-0.4, -0.2) is 10.1 Å². The summed E-state index contributed by atoms with van der Waals surface area (Å²) in [6.07, 6.45) is 3.82. The van der Waals surface area contributed by atoms with Crippen LogP contribution in [0.25, 0.3) is 11.1 Å². The zero-order valence-electron chi connectivity index (χ0n) is 7.41. The number of nitrogens with one attached hydrogen (secondary N) is 1. The zero-order valence-corrected chi connectivity index (χ0v) is 7.41. The molecule has 13 heavy (non-hydrogen) atoms. The summed E-state index contributed by atoms with van der Waals surface area (Å²) in [6.45, 7) is 1.89. The van der Waals surface area contributed by atoms with Gasteiger partial charge in [-0.25, -0.2) is 0 Å². The zero-order chi connectivity index (χ0) is 9.26. The molecule has 2 N–H and O–H groups in total. The Bertz CT molecular complexity index is 404. The highest BCUT2D eigenvalue weighted by atomic mass is 16.3. The first kappa shape index (κ1) is 7.92. The number of aromatic amines is 1. The molecule has 0 saturated heterocycles. The van der Waals surface area contributed by atoms with Gasteiger partial charge >= 0.3 is 0 Å². The molecule has 0 amide bonds. The van der Waals surface area contributed by atoms with Crippen molar-refractivity contribution >= 4 is 0 Å². The Kier molecular flexibility index (Phi) is 1.81. The van der Waals surface area contributed by atoms with Crippen molar-refractivity contribution in [2.24, 2.45) is 0 Å². The molecule has 1 heterocycles. The Labute approximate surface area is 76.9 Å². The molecule has 2 nitrogen and oxygen atoms in total. The molecular formula is C11H11NO. The molecule has 66 valence electrons. The number of H-pyrrole nitrogens is 1. The molecule has 1 aromatic heterocycles. The van der Waals surface area contributed by atoms with Gasteiger partial charge in [0.1, 0.15) is 5.75 Å². The first-order chi connectivity index (χ1) is 6.27. The van der Waals surface area contributed by atoms with Crippen molar-refractivity contribution in [1.82, 2.24) is 4.98 Å². The predicted octanol–water partition coefficient (Wildman–Crippen LogP) is 2.70. The van der Waals surface area contributed by atoms with Crippen LogP contribution in [0.1, 0.15) is 5.56 Å². The van der Waals surface area contributed by atoms with Crippen LogP contribution < -0.4 is 0 Å². The van der Waals surface area contributed by atoms with Gasteiger partial charge in [0.05, 0.1) is 0 Å². The molecule has 0 bridgehead atoms. The highest BCUT2D eigenvalue weighted by Crippen LogP contribution is 2.24. The van der Waals surface area contributed by atoms with Gasteiger partial charge in [0.15, 0.2) is 0 Å². The highest BCUT2D eigenvalue weighted by Gasteiger charge is 2.00. The SMILES string of the molecule is Cc1cc(-c2cc[nH]c2)ccc1O. The fraction of sp³-hybridized carbons (Fsp3) is 0.0909. The first-order valence-corrected chi connectivity index (χ1v) is 4.20. The van der Waals surface area contributed by atoms with Gasteiger partial charge in [0.2, 0.25) is 0 Å². The molecular weight excluding hydrogens is 162 g/mol. The average Bonchev–Trinajstić information content (AvgIpc) is 2.62. The summed E-state index contributed by atoms with van der Waals surface area (Å²) in [5.74, 6) is 0.347. The van der Waals surface area contributed by atoms with E-state index in [-0.39, 0.29) is 0 Å². The largest absolute Gasteiger partial charge is 0.508 e. The summed E-state index contributed by atoms with van der Waals surface area (Å²) in [7, 11) is 0. The Hall–Kier alpha value is -1.70. The van der Waals surface area contributed by atoms with Crippen molar-refractivity contribution in [1.29, 1.82) is 0 Å². The molecule has 0 radical (unpaired) electrons. The van der Waals surface area contributed by atoms with E-state index >= 15 is 0 Å². The number of benzene rings is 1. The molecule has 0 saturated carbocycles. The monoisotopic (exact) mass is 173 g/mol. The molecule has 0 atom stereocenters. The maximum Gasteiger partial charge on any atom is 0.118 e. The van der Waals surface area contributed by atoms with E-state index in [0.29, 0.717) is 5.75 Å². The topological polar surface area (TPSA) is 36.0 Å². The first-order valence-electron chi connectivity index (χ1n) is 4.20. The number of aromatic nitrogens is 1. The standard InChI is InChI=1S/C11H11NO/c1-8-6-9(2-3-11(8)13)10-4-5-12-7-10/h2-7,12-13H,1H3. The molecule has 0 spiro atoms. The van der Waals surface area contributed by atoms with E-state index in [1.807, 2.05) is 37.5 Å². The van der Waals surface area contributed by atoms with Crippen molar-refractivity contribution in [3.63, 3.8) is 0 Å². The molecule has 2 aromatic rings. The number of phenolic OH excluding ortho intramolecular Hbond substituents is 1. The van der Waals surface area contributed by atoms with E-state index in [2.05, 4.69) is 4.98 Å². The summed E-state index contributed by atoms with van der Waals surface area (Å²) in [5, 5.41) is 9.33. The van der Waals surface area contributed by atoms with E-state index in [9.17, 15) is 5.11 Å². The second-order valence-electron chi connectivity index (χ2n) is 3.10. The minimum absolute atomic E-state index is 0.347. The summed E-state index contributed by atoms with van der Waals surface area (Å²) >= 11 is 0. The van der Waals surface area contributed by atoms with E-state index in [1.165, 1.54) is 0 Å². The Morgan fingerprint density at radius 1 is 1.15 bits per heavy atom. The third-order valence-corrected chi connectivity index (χ3v) is 2.13. The van der Waals surface area contributed by atoms with Crippen molar-refractivity contribution in [2.75, 3.05) is 0 Å². The van der Waals surface area contributed by atoms with E-state index in [0.717, 1.165) is 16.7 Å². The molecule has 0 aliphatic heterocycles. The van der Waals surface area contributed by atoms with Gasteiger partial charge < -0.3 is 10.1 Å². The summed E-state index contributed by atoms with van der Waals surface area (Å²) < 4.78 is 0. The minimum Gasteiger partial charge on any atom is -0.508 e. The fourth-order valence-corrected chi connectivity index (χ4v) is 1.34. The maximum absolute atomic E-state index is 9.33. The van der Waals surface area contributed by atoms with Gasteiger partial charge in [-0.2, -0.15) is 0 Å². The van der Waals surface area contributed by atoms with Crippen LogP contribution in [0, 0.1) is 6.92 Å². The lowest BCUT2D eigenvalue weighted by atomic mass is 10.1. The molecule has 2 heteroatoms.